The van der Waals surface area contributed by atoms with E-state index in [2.05, 4.69) is 25.1 Å². The lowest BCUT2D eigenvalue weighted by atomic mass is 10.1. The number of H-pyrrole nitrogens is 1. The van der Waals surface area contributed by atoms with Crippen molar-refractivity contribution in [3.63, 3.8) is 0 Å². The first-order valence-electron chi connectivity index (χ1n) is 8.72. The maximum atomic E-state index is 10.1. The van der Waals surface area contributed by atoms with Crippen molar-refractivity contribution in [1.82, 2.24) is 25.1 Å². The number of nitrogens with one attached hydrogen (secondary N) is 1. The fraction of sp³-hybridized carbons (Fsp3) is 0.389. The molecule has 1 fully saturated rings. The van der Waals surface area contributed by atoms with Gasteiger partial charge in [0.25, 0.3) is 0 Å². The minimum absolute atomic E-state index is 0.498. The van der Waals surface area contributed by atoms with Crippen LogP contribution in [0.1, 0.15) is 6.92 Å². The van der Waals surface area contributed by atoms with Gasteiger partial charge in [0.15, 0.2) is 0 Å². The van der Waals surface area contributed by atoms with Crippen molar-refractivity contribution < 1.29 is 9.84 Å². The number of fused-ring (bicyclic) bond motifs is 1. The number of β-amino-alcohol motifs (C(OH)–C–C–N with tert-alkyl or cyclic N) is 1. The van der Waals surface area contributed by atoms with Gasteiger partial charge in [-0.1, -0.05) is 0 Å². The predicted molar refractivity (Wildman–Crippen MR) is 99.1 cm³/mol. The minimum Gasteiger partial charge on any atom is -0.494 e. The number of rotatable bonds is 4. The second-order valence-corrected chi connectivity index (χ2v) is 6.38. The second kappa shape index (κ2) is 6.89. The molecule has 8 heteroatoms. The number of aromatic amines is 1. The van der Waals surface area contributed by atoms with Crippen LogP contribution in [0.2, 0.25) is 0 Å². The Morgan fingerprint density at radius 3 is 2.96 bits per heavy atom. The molecule has 0 bridgehead atoms. The van der Waals surface area contributed by atoms with Gasteiger partial charge in [0.2, 0.25) is 0 Å². The summed E-state index contributed by atoms with van der Waals surface area (Å²) in [5.41, 5.74) is 2.43. The molecule has 8 nitrogen and oxygen atoms in total. The molecular weight excluding hydrogens is 332 g/mol. The van der Waals surface area contributed by atoms with E-state index < -0.39 is 6.23 Å². The summed E-state index contributed by atoms with van der Waals surface area (Å²) in [4.78, 5) is 12.8. The van der Waals surface area contributed by atoms with E-state index in [1.165, 1.54) is 0 Å². The van der Waals surface area contributed by atoms with Crippen LogP contribution in [0.3, 0.4) is 0 Å². The van der Waals surface area contributed by atoms with Gasteiger partial charge in [-0.3, -0.25) is 10.00 Å². The van der Waals surface area contributed by atoms with E-state index in [9.17, 15) is 5.11 Å². The van der Waals surface area contributed by atoms with Crippen LogP contribution in [-0.2, 0) is 0 Å². The average molecular weight is 354 g/mol. The maximum absolute atomic E-state index is 10.1. The summed E-state index contributed by atoms with van der Waals surface area (Å²) < 4.78 is 5.60. The molecule has 4 rings (SSSR count). The fourth-order valence-electron chi connectivity index (χ4n) is 3.16. The third kappa shape index (κ3) is 3.09. The third-order valence-corrected chi connectivity index (χ3v) is 4.68. The quantitative estimate of drug-likeness (QED) is 0.733. The number of aromatic nitrogens is 4. The molecule has 1 saturated heterocycles. The number of nitrogens with zero attached hydrogens (tertiary/aromatic N) is 5. The van der Waals surface area contributed by atoms with Gasteiger partial charge in [-0.15, -0.1) is 0 Å². The molecule has 1 aromatic carbocycles. The van der Waals surface area contributed by atoms with Gasteiger partial charge < -0.3 is 14.7 Å². The molecule has 1 aliphatic rings. The van der Waals surface area contributed by atoms with Crippen molar-refractivity contribution in [1.29, 1.82) is 0 Å². The van der Waals surface area contributed by atoms with Gasteiger partial charge in [0, 0.05) is 24.5 Å². The summed E-state index contributed by atoms with van der Waals surface area (Å²) in [5.74, 6) is 1.60. The number of aliphatic hydroxyl groups is 1. The van der Waals surface area contributed by atoms with Crippen LogP contribution < -0.4 is 9.64 Å². The van der Waals surface area contributed by atoms with E-state index in [0.717, 1.165) is 46.9 Å². The highest BCUT2D eigenvalue weighted by Gasteiger charge is 2.23. The van der Waals surface area contributed by atoms with E-state index >= 15 is 0 Å². The maximum Gasteiger partial charge on any atom is 0.132 e. The van der Waals surface area contributed by atoms with Crippen molar-refractivity contribution in [2.45, 2.75) is 13.2 Å². The first-order valence-corrected chi connectivity index (χ1v) is 8.72. The Kier molecular flexibility index (Phi) is 4.44. The predicted octanol–water partition coefficient (Wildman–Crippen LogP) is 1.49. The molecule has 1 atom stereocenters. The van der Waals surface area contributed by atoms with Crippen molar-refractivity contribution in [3.8, 4) is 17.1 Å². The zero-order valence-electron chi connectivity index (χ0n) is 14.9. The van der Waals surface area contributed by atoms with Crippen molar-refractivity contribution in [2.24, 2.45) is 0 Å². The third-order valence-electron chi connectivity index (χ3n) is 4.68. The highest BCUT2D eigenvalue weighted by atomic mass is 16.5. The van der Waals surface area contributed by atoms with Gasteiger partial charge in [0.05, 0.1) is 24.4 Å². The topological polar surface area (TPSA) is 90.4 Å². The summed E-state index contributed by atoms with van der Waals surface area (Å²) in [6.07, 6.45) is 1.05. The van der Waals surface area contributed by atoms with Crippen LogP contribution in [0.5, 0.6) is 5.75 Å². The van der Waals surface area contributed by atoms with Gasteiger partial charge in [0.1, 0.15) is 29.8 Å². The Morgan fingerprint density at radius 1 is 1.27 bits per heavy atom. The molecule has 26 heavy (non-hydrogen) atoms. The van der Waals surface area contributed by atoms with Crippen LogP contribution >= 0.6 is 0 Å². The SMILES string of the molecule is CCOc1ccc2[nH]nc(-c3cc(N4CCN(C)C(O)C4)ncn3)c2c1. The number of benzene rings is 1. The Balaban J connectivity index is 1.68. The van der Waals surface area contributed by atoms with Gasteiger partial charge in [-0.25, -0.2) is 9.97 Å². The zero-order chi connectivity index (χ0) is 18.1. The first-order chi connectivity index (χ1) is 12.7. The summed E-state index contributed by atoms with van der Waals surface area (Å²) in [7, 11) is 1.92. The molecule has 0 amide bonds. The van der Waals surface area contributed by atoms with E-state index in [1.54, 1.807) is 6.33 Å². The number of hydrogen-bond acceptors (Lipinski definition) is 7. The Labute approximate surface area is 151 Å². The summed E-state index contributed by atoms with van der Waals surface area (Å²) in [6, 6.07) is 7.76. The molecule has 1 unspecified atom stereocenters. The molecule has 0 spiro atoms. The molecule has 0 radical (unpaired) electrons. The van der Waals surface area contributed by atoms with E-state index in [-0.39, 0.29) is 0 Å². The molecule has 3 heterocycles. The standard InChI is InChI=1S/C18H22N6O2/c1-3-26-12-4-5-14-13(8-12)18(22-21-14)15-9-16(20-11-19-15)24-7-6-23(2)17(25)10-24/h4-5,8-9,11,17,25H,3,6-7,10H2,1-2H3,(H,21,22). The van der Waals surface area contributed by atoms with Crippen LogP contribution in [-0.4, -0.2) is 69.7 Å². The number of likely N-dealkylation sites (N-methyl/N-ethyl adjacent to an activating group) is 1. The molecule has 136 valence electrons. The average Bonchev–Trinajstić information content (AvgIpc) is 3.08. The summed E-state index contributed by atoms with van der Waals surface area (Å²) >= 11 is 0. The summed E-state index contributed by atoms with van der Waals surface area (Å²) in [6.45, 7) is 4.68. The number of aliphatic hydroxyl groups excluding tert-OH is 1. The molecule has 1 aliphatic heterocycles. The van der Waals surface area contributed by atoms with Crippen LogP contribution in [0, 0.1) is 0 Å². The fourth-order valence-corrected chi connectivity index (χ4v) is 3.16. The second-order valence-electron chi connectivity index (χ2n) is 6.38. The molecule has 0 aliphatic carbocycles. The lowest BCUT2D eigenvalue weighted by Crippen LogP contribution is -2.51. The highest BCUT2D eigenvalue weighted by Crippen LogP contribution is 2.29. The van der Waals surface area contributed by atoms with Gasteiger partial charge >= 0.3 is 0 Å². The Bertz CT molecular complexity index is 912. The van der Waals surface area contributed by atoms with Crippen molar-refractivity contribution in [3.05, 3.63) is 30.6 Å². The van der Waals surface area contributed by atoms with E-state index in [0.29, 0.717) is 13.2 Å². The lowest BCUT2D eigenvalue weighted by molar-refractivity contribution is 0.0151. The van der Waals surface area contributed by atoms with E-state index in [4.69, 9.17) is 4.74 Å². The Hall–Kier alpha value is -2.71. The van der Waals surface area contributed by atoms with Gasteiger partial charge in [-0.2, -0.15) is 5.10 Å². The molecule has 0 saturated carbocycles. The number of hydrogen-bond donors (Lipinski definition) is 2. The lowest BCUT2D eigenvalue weighted by Gasteiger charge is -2.37. The van der Waals surface area contributed by atoms with Crippen LogP contribution in [0.25, 0.3) is 22.3 Å². The summed E-state index contributed by atoms with van der Waals surface area (Å²) in [5, 5.41) is 18.5. The molecule has 2 aromatic heterocycles. The molecule has 3 aromatic rings. The monoisotopic (exact) mass is 354 g/mol. The highest BCUT2D eigenvalue weighted by molar-refractivity contribution is 5.93. The van der Waals surface area contributed by atoms with Crippen molar-refractivity contribution in [2.75, 3.05) is 38.2 Å². The molecule has 2 N–H and O–H groups in total. The first kappa shape index (κ1) is 16.7. The largest absolute Gasteiger partial charge is 0.494 e. The van der Waals surface area contributed by atoms with Crippen molar-refractivity contribution >= 4 is 16.7 Å². The van der Waals surface area contributed by atoms with Crippen LogP contribution in [0.4, 0.5) is 5.82 Å². The number of ether oxygens (including phenoxy) is 1. The normalized spacial score (nSPS) is 18.4. The van der Waals surface area contributed by atoms with Crippen LogP contribution in [0.15, 0.2) is 30.6 Å². The van der Waals surface area contributed by atoms with E-state index in [1.807, 2.05) is 43.1 Å². The molecular formula is C18H22N6O2. The smallest absolute Gasteiger partial charge is 0.132 e. The Morgan fingerprint density at radius 2 is 2.15 bits per heavy atom. The number of piperazine rings is 1. The zero-order valence-corrected chi connectivity index (χ0v) is 14.9. The minimum atomic E-state index is -0.498. The van der Waals surface area contributed by atoms with Gasteiger partial charge in [-0.05, 0) is 32.2 Å². The number of anilines is 1.